The molecule has 1 fully saturated rings. The average Bonchev–Trinajstić information content (AvgIpc) is 3.58. The van der Waals surface area contributed by atoms with E-state index >= 15 is 0 Å². The summed E-state index contributed by atoms with van der Waals surface area (Å²) in [5.74, 6) is 0.325. The third-order valence-corrected chi connectivity index (χ3v) is 8.29. The summed E-state index contributed by atoms with van der Waals surface area (Å²) in [6.45, 7) is 4.54. The van der Waals surface area contributed by atoms with Crippen LogP contribution in [0.5, 0.6) is 0 Å². The number of carbonyl (C=O) groups is 2. The van der Waals surface area contributed by atoms with Gasteiger partial charge in [0.15, 0.2) is 0 Å². The lowest BCUT2D eigenvalue weighted by molar-refractivity contribution is -0.142. The Labute approximate surface area is 217 Å². The first-order chi connectivity index (χ1) is 17.7. The van der Waals surface area contributed by atoms with Crippen LogP contribution in [0.25, 0.3) is 0 Å². The first-order valence-corrected chi connectivity index (χ1v) is 13.9. The first kappa shape index (κ1) is 24.7. The van der Waals surface area contributed by atoms with E-state index in [1.807, 2.05) is 48.2 Å². The Morgan fingerprint density at radius 3 is 2.47 bits per heavy atom. The van der Waals surface area contributed by atoms with Gasteiger partial charge in [-0.25, -0.2) is 0 Å². The molecule has 5 nitrogen and oxygen atoms in total. The van der Waals surface area contributed by atoms with Crippen LogP contribution >= 0.6 is 11.3 Å². The highest BCUT2D eigenvalue weighted by Crippen LogP contribution is 2.48. The van der Waals surface area contributed by atoms with Gasteiger partial charge in [0, 0.05) is 37.1 Å². The molecule has 1 aliphatic heterocycles. The van der Waals surface area contributed by atoms with E-state index in [1.165, 1.54) is 16.0 Å². The van der Waals surface area contributed by atoms with Crippen LogP contribution in [0.1, 0.15) is 53.3 Å². The zero-order chi connectivity index (χ0) is 24.9. The molecule has 5 rings (SSSR count). The van der Waals surface area contributed by atoms with Gasteiger partial charge in [0.05, 0.1) is 12.6 Å². The minimum absolute atomic E-state index is 0.0161. The van der Waals surface area contributed by atoms with Crippen molar-refractivity contribution >= 4 is 23.2 Å². The quantitative estimate of drug-likeness (QED) is 0.355. The summed E-state index contributed by atoms with van der Waals surface area (Å²) in [7, 11) is 0. The summed E-state index contributed by atoms with van der Waals surface area (Å²) in [4.78, 5) is 32.5. The highest BCUT2D eigenvalue weighted by atomic mass is 32.1. The summed E-state index contributed by atoms with van der Waals surface area (Å²) in [5, 5.41) is 2.12. The van der Waals surface area contributed by atoms with Crippen LogP contribution < -0.4 is 0 Å². The molecule has 0 spiro atoms. The van der Waals surface area contributed by atoms with Gasteiger partial charge in [-0.15, -0.1) is 11.3 Å². The lowest BCUT2D eigenvalue weighted by Gasteiger charge is -2.37. The topological polar surface area (TPSA) is 49.9 Å². The number of carbonyl (C=O) groups excluding carboxylic acids is 2. The van der Waals surface area contributed by atoms with E-state index in [1.54, 1.807) is 16.2 Å². The van der Waals surface area contributed by atoms with Crippen LogP contribution in [0.2, 0.25) is 0 Å². The van der Waals surface area contributed by atoms with Crippen LogP contribution in [0.15, 0.2) is 72.1 Å². The zero-order valence-corrected chi connectivity index (χ0v) is 21.7. The van der Waals surface area contributed by atoms with Crippen molar-refractivity contribution in [3.8, 4) is 0 Å². The molecule has 6 heteroatoms. The lowest BCUT2D eigenvalue weighted by Crippen LogP contribution is -2.47. The number of fused-ring (bicyclic) bond motifs is 1. The number of ether oxygens (including phenoxy) is 1. The van der Waals surface area contributed by atoms with Crippen LogP contribution in [0.4, 0.5) is 0 Å². The van der Waals surface area contributed by atoms with E-state index in [9.17, 15) is 9.59 Å². The van der Waals surface area contributed by atoms with Gasteiger partial charge >= 0.3 is 0 Å². The van der Waals surface area contributed by atoms with Crippen molar-refractivity contribution in [2.75, 3.05) is 32.8 Å². The first-order valence-electron chi connectivity index (χ1n) is 13.0. The van der Waals surface area contributed by atoms with Crippen molar-refractivity contribution in [3.63, 3.8) is 0 Å². The second-order valence-electron chi connectivity index (χ2n) is 9.62. The summed E-state index contributed by atoms with van der Waals surface area (Å²) in [6, 6.07) is 22.5. The normalized spacial score (nSPS) is 20.6. The van der Waals surface area contributed by atoms with Gasteiger partial charge in [-0.3, -0.25) is 9.59 Å². The molecule has 0 saturated heterocycles. The van der Waals surface area contributed by atoms with Gasteiger partial charge in [-0.2, -0.15) is 0 Å². The van der Waals surface area contributed by atoms with Crippen molar-refractivity contribution in [2.24, 2.45) is 5.92 Å². The molecular weight excluding hydrogens is 468 g/mol. The summed E-state index contributed by atoms with van der Waals surface area (Å²) in [6.07, 6.45) is 2.44. The minimum atomic E-state index is -0.105. The molecule has 1 aromatic heterocycles. The number of benzene rings is 2. The Morgan fingerprint density at radius 2 is 1.75 bits per heavy atom. The second-order valence-corrected chi connectivity index (χ2v) is 10.6. The number of thiophene rings is 1. The van der Waals surface area contributed by atoms with Gasteiger partial charge in [0.25, 0.3) is 0 Å². The molecular formula is C30H34N2O3S. The van der Waals surface area contributed by atoms with E-state index in [0.29, 0.717) is 26.3 Å². The maximum atomic E-state index is 13.8. The molecule has 2 aromatic carbocycles. The fraction of sp³-hybridized carbons (Fsp3) is 0.400. The van der Waals surface area contributed by atoms with Crippen molar-refractivity contribution in [1.82, 2.24) is 9.80 Å². The Balaban J connectivity index is 1.33. The van der Waals surface area contributed by atoms with Gasteiger partial charge in [0.1, 0.15) is 0 Å². The molecule has 1 saturated carbocycles. The van der Waals surface area contributed by atoms with Gasteiger partial charge < -0.3 is 14.5 Å². The number of rotatable bonds is 10. The molecule has 2 amide bonds. The predicted octanol–water partition coefficient (Wildman–Crippen LogP) is 5.28. The highest BCUT2D eigenvalue weighted by Gasteiger charge is 2.46. The minimum Gasteiger partial charge on any atom is -0.382 e. The SMILES string of the molecule is CCOCCCN(CC(=O)N1CCc2sccc2C1c1ccccc1)C(=O)C1C[C@H]1c1ccccc1. The number of hydrogen-bond donors (Lipinski definition) is 0. The fourth-order valence-electron chi connectivity index (χ4n) is 5.37. The molecule has 36 heavy (non-hydrogen) atoms. The standard InChI is InChI=1S/C30H34N2O3S/c1-2-35-18-9-16-31(30(34)26-20-25(26)22-10-5-3-6-11-22)21-28(33)32-17-14-27-24(15-19-36-27)29(32)23-12-7-4-8-13-23/h3-8,10-13,15,19,25-26,29H,2,9,14,16-18,20-21H2,1H3/t25-,26?,29?/m0/s1. The predicted molar refractivity (Wildman–Crippen MR) is 143 cm³/mol. The van der Waals surface area contributed by atoms with E-state index in [-0.39, 0.29) is 36.2 Å². The third-order valence-electron chi connectivity index (χ3n) is 7.30. The third kappa shape index (κ3) is 5.40. The number of nitrogens with zero attached hydrogens (tertiary/aromatic N) is 2. The zero-order valence-electron chi connectivity index (χ0n) is 20.8. The van der Waals surface area contributed by atoms with Gasteiger partial charge in [-0.1, -0.05) is 60.7 Å². The smallest absolute Gasteiger partial charge is 0.242 e. The fourth-order valence-corrected chi connectivity index (χ4v) is 6.28. The van der Waals surface area contributed by atoms with E-state index in [0.717, 1.165) is 24.8 Å². The molecule has 188 valence electrons. The number of hydrogen-bond acceptors (Lipinski definition) is 4. The molecule has 2 heterocycles. The number of amides is 2. The molecule has 0 radical (unpaired) electrons. The van der Waals surface area contributed by atoms with Crippen LogP contribution in [-0.4, -0.2) is 54.5 Å². The molecule has 3 atom stereocenters. The van der Waals surface area contributed by atoms with E-state index in [4.69, 9.17) is 4.74 Å². The van der Waals surface area contributed by atoms with Crippen molar-refractivity contribution in [2.45, 2.75) is 38.1 Å². The molecule has 3 aromatic rings. The van der Waals surface area contributed by atoms with Crippen LogP contribution in [0, 0.1) is 5.92 Å². The van der Waals surface area contributed by atoms with Crippen LogP contribution in [0.3, 0.4) is 0 Å². The summed E-state index contributed by atoms with van der Waals surface area (Å²) >= 11 is 1.77. The molecule has 1 aliphatic carbocycles. The van der Waals surface area contributed by atoms with Gasteiger partial charge in [-0.05, 0) is 60.2 Å². The molecule has 0 N–H and O–H groups in total. The van der Waals surface area contributed by atoms with Crippen molar-refractivity contribution < 1.29 is 14.3 Å². The molecule has 2 unspecified atom stereocenters. The lowest BCUT2D eigenvalue weighted by atomic mass is 9.93. The van der Waals surface area contributed by atoms with Crippen LogP contribution in [-0.2, 0) is 20.7 Å². The Morgan fingerprint density at radius 1 is 1.03 bits per heavy atom. The average molecular weight is 503 g/mol. The summed E-state index contributed by atoms with van der Waals surface area (Å²) < 4.78 is 5.52. The van der Waals surface area contributed by atoms with E-state index in [2.05, 4.69) is 35.7 Å². The summed E-state index contributed by atoms with van der Waals surface area (Å²) in [5.41, 5.74) is 3.54. The molecule has 0 bridgehead atoms. The Bertz CT molecular complexity index is 1160. The maximum absolute atomic E-state index is 13.8. The Hall–Kier alpha value is -2.96. The highest BCUT2D eigenvalue weighted by molar-refractivity contribution is 7.10. The van der Waals surface area contributed by atoms with Gasteiger partial charge in [0.2, 0.25) is 11.8 Å². The van der Waals surface area contributed by atoms with Crippen molar-refractivity contribution in [3.05, 3.63) is 93.7 Å². The van der Waals surface area contributed by atoms with Crippen molar-refractivity contribution in [1.29, 1.82) is 0 Å². The largest absolute Gasteiger partial charge is 0.382 e. The second kappa shape index (κ2) is 11.4. The molecule has 2 aliphatic rings. The maximum Gasteiger partial charge on any atom is 0.242 e. The van der Waals surface area contributed by atoms with E-state index < -0.39 is 0 Å². The monoisotopic (exact) mass is 502 g/mol. The Kier molecular flexibility index (Phi) is 7.83.